The summed E-state index contributed by atoms with van der Waals surface area (Å²) in [5, 5.41) is 9.02. The average molecular weight is 371 g/mol. The Bertz CT molecular complexity index is 741. The lowest BCUT2D eigenvalue weighted by Crippen LogP contribution is -2.26. The molecule has 0 aromatic heterocycles. The summed E-state index contributed by atoms with van der Waals surface area (Å²) in [4.78, 5) is 2.44. The molecule has 0 N–H and O–H groups in total. The second-order valence-corrected chi connectivity index (χ2v) is 6.83. The first kappa shape index (κ1) is 20.3. The van der Waals surface area contributed by atoms with Gasteiger partial charge in [0.2, 0.25) is 0 Å². The van der Waals surface area contributed by atoms with E-state index in [0.717, 1.165) is 37.2 Å². The van der Waals surface area contributed by atoms with Gasteiger partial charge >= 0.3 is 0 Å². The summed E-state index contributed by atoms with van der Waals surface area (Å²) in [7, 11) is 2.21. The molecule has 26 heavy (non-hydrogen) atoms. The summed E-state index contributed by atoms with van der Waals surface area (Å²) in [6.07, 6.45) is 5.53. The van der Waals surface area contributed by atoms with Crippen molar-refractivity contribution in [2.75, 3.05) is 20.2 Å². The minimum atomic E-state index is 0. The molecule has 1 aliphatic heterocycles. The molecule has 138 valence electrons. The first-order chi connectivity index (χ1) is 12.3. The SMILES string of the molecule is CN1CCCC1CCOc1ccccc1CCc1cccc(C#N)c1.Cl. The maximum Gasteiger partial charge on any atom is 0.122 e. The van der Waals surface area contributed by atoms with Crippen LogP contribution in [-0.2, 0) is 12.8 Å². The summed E-state index contributed by atoms with van der Waals surface area (Å²) in [5.74, 6) is 1.000. The van der Waals surface area contributed by atoms with E-state index in [9.17, 15) is 0 Å². The van der Waals surface area contributed by atoms with Crippen LogP contribution in [0.5, 0.6) is 5.75 Å². The molecule has 1 fully saturated rings. The van der Waals surface area contributed by atoms with E-state index in [1.165, 1.54) is 30.5 Å². The van der Waals surface area contributed by atoms with Crippen molar-refractivity contribution in [2.45, 2.75) is 38.1 Å². The van der Waals surface area contributed by atoms with E-state index in [-0.39, 0.29) is 12.4 Å². The van der Waals surface area contributed by atoms with Gasteiger partial charge in [-0.3, -0.25) is 0 Å². The number of rotatable bonds is 7. The molecule has 0 radical (unpaired) electrons. The van der Waals surface area contributed by atoms with E-state index in [4.69, 9.17) is 10.00 Å². The van der Waals surface area contributed by atoms with Crippen LogP contribution < -0.4 is 4.74 Å². The first-order valence-electron chi connectivity index (χ1n) is 9.16. The number of likely N-dealkylation sites (tertiary alicyclic amines) is 1. The predicted octanol–water partition coefficient (Wildman–Crippen LogP) is 4.63. The molecule has 0 amide bonds. The Morgan fingerprint density at radius 3 is 2.77 bits per heavy atom. The normalized spacial score (nSPS) is 16.7. The van der Waals surface area contributed by atoms with Gasteiger partial charge in [-0.05, 0) is 75.0 Å². The number of benzene rings is 2. The number of halogens is 1. The molecular formula is C22H27ClN2O. The van der Waals surface area contributed by atoms with Gasteiger partial charge in [-0.2, -0.15) is 5.26 Å². The zero-order chi connectivity index (χ0) is 17.5. The van der Waals surface area contributed by atoms with Crippen molar-refractivity contribution >= 4 is 12.4 Å². The minimum absolute atomic E-state index is 0. The maximum absolute atomic E-state index is 9.02. The lowest BCUT2D eigenvalue weighted by atomic mass is 10.0. The summed E-state index contributed by atoms with van der Waals surface area (Å²) in [5.41, 5.74) is 3.16. The van der Waals surface area contributed by atoms with E-state index < -0.39 is 0 Å². The highest BCUT2D eigenvalue weighted by atomic mass is 35.5. The van der Waals surface area contributed by atoms with Crippen LogP contribution >= 0.6 is 12.4 Å². The highest BCUT2D eigenvalue weighted by Gasteiger charge is 2.20. The highest BCUT2D eigenvalue weighted by Crippen LogP contribution is 2.22. The topological polar surface area (TPSA) is 36.3 Å². The Balaban J connectivity index is 0.00000243. The molecule has 2 aromatic rings. The van der Waals surface area contributed by atoms with Gasteiger partial charge in [0, 0.05) is 6.04 Å². The largest absolute Gasteiger partial charge is 0.493 e. The third-order valence-corrected chi connectivity index (χ3v) is 5.09. The Morgan fingerprint density at radius 2 is 2.00 bits per heavy atom. The molecular weight excluding hydrogens is 344 g/mol. The molecule has 1 saturated heterocycles. The van der Waals surface area contributed by atoms with Gasteiger partial charge in [0.25, 0.3) is 0 Å². The first-order valence-corrected chi connectivity index (χ1v) is 9.16. The molecule has 4 heteroatoms. The molecule has 0 spiro atoms. The van der Waals surface area contributed by atoms with E-state index in [1.807, 2.05) is 24.3 Å². The van der Waals surface area contributed by atoms with Gasteiger partial charge in [0.15, 0.2) is 0 Å². The third kappa shape index (κ3) is 5.49. The fraction of sp³-hybridized carbons (Fsp3) is 0.409. The Hall–Kier alpha value is -2.02. The van der Waals surface area contributed by atoms with Crippen molar-refractivity contribution in [3.05, 3.63) is 65.2 Å². The molecule has 1 unspecified atom stereocenters. The van der Waals surface area contributed by atoms with Crippen LogP contribution in [0.15, 0.2) is 48.5 Å². The van der Waals surface area contributed by atoms with E-state index in [1.54, 1.807) is 0 Å². The van der Waals surface area contributed by atoms with Crippen molar-refractivity contribution in [1.82, 2.24) is 4.90 Å². The van der Waals surface area contributed by atoms with Crippen molar-refractivity contribution < 1.29 is 4.74 Å². The van der Waals surface area contributed by atoms with Crippen LogP contribution in [0.2, 0.25) is 0 Å². The number of para-hydroxylation sites is 1. The fourth-order valence-corrected chi connectivity index (χ4v) is 3.58. The molecule has 0 aliphatic carbocycles. The van der Waals surface area contributed by atoms with Gasteiger partial charge in [-0.25, -0.2) is 0 Å². The molecule has 0 bridgehead atoms. The third-order valence-electron chi connectivity index (χ3n) is 5.09. The summed E-state index contributed by atoms with van der Waals surface area (Å²) >= 11 is 0. The second-order valence-electron chi connectivity index (χ2n) is 6.83. The highest BCUT2D eigenvalue weighted by molar-refractivity contribution is 5.85. The van der Waals surface area contributed by atoms with Crippen LogP contribution in [0.4, 0.5) is 0 Å². The molecule has 0 saturated carbocycles. The van der Waals surface area contributed by atoms with E-state index >= 15 is 0 Å². The minimum Gasteiger partial charge on any atom is -0.493 e. The Kier molecular flexibility index (Phi) is 7.97. The van der Waals surface area contributed by atoms with Gasteiger partial charge in [-0.15, -0.1) is 12.4 Å². The maximum atomic E-state index is 9.02. The zero-order valence-corrected chi connectivity index (χ0v) is 16.2. The van der Waals surface area contributed by atoms with Crippen molar-refractivity contribution in [3.8, 4) is 11.8 Å². The monoisotopic (exact) mass is 370 g/mol. The number of ether oxygens (including phenoxy) is 1. The predicted molar refractivity (Wildman–Crippen MR) is 108 cm³/mol. The Labute approximate surface area is 163 Å². The standard InChI is InChI=1S/C22H26N2O.ClH/c1-24-14-5-9-21(24)13-15-25-22-10-3-2-8-20(22)12-11-18-6-4-7-19(16-18)17-23;/h2-4,6-8,10,16,21H,5,9,11-15H2,1H3;1H. The fourth-order valence-electron chi connectivity index (χ4n) is 3.58. The average Bonchev–Trinajstić information content (AvgIpc) is 3.06. The van der Waals surface area contributed by atoms with Crippen LogP contribution in [0, 0.1) is 11.3 Å². The van der Waals surface area contributed by atoms with Crippen molar-refractivity contribution in [1.29, 1.82) is 5.26 Å². The number of nitrogens with zero attached hydrogens (tertiary/aromatic N) is 2. The van der Waals surface area contributed by atoms with Crippen molar-refractivity contribution in [3.63, 3.8) is 0 Å². The summed E-state index contributed by atoms with van der Waals surface area (Å²) in [6, 6.07) is 19.0. The number of hydrogen-bond donors (Lipinski definition) is 0. The number of aryl methyl sites for hydroxylation is 2. The lowest BCUT2D eigenvalue weighted by molar-refractivity contribution is 0.232. The van der Waals surface area contributed by atoms with E-state index in [2.05, 4.69) is 42.3 Å². The number of nitriles is 1. The zero-order valence-electron chi connectivity index (χ0n) is 15.4. The molecule has 3 rings (SSSR count). The number of hydrogen-bond acceptors (Lipinski definition) is 3. The molecule has 2 aromatic carbocycles. The van der Waals surface area contributed by atoms with Crippen LogP contribution in [0.1, 0.15) is 36.0 Å². The van der Waals surface area contributed by atoms with E-state index in [0.29, 0.717) is 6.04 Å². The second kappa shape index (κ2) is 10.2. The summed E-state index contributed by atoms with van der Waals surface area (Å²) in [6.45, 7) is 1.99. The van der Waals surface area contributed by atoms with Crippen LogP contribution in [0.25, 0.3) is 0 Å². The molecule has 1 aliphatic rings. The van der Waals surface area contributed by atoms with Gasteiger partial charge in [0.1, 0.15) is 5.75 Å². The van der Waals surface area contributed by atoms with Gasteiger partial charge in [-0.1, -0.05) is 30.3 Å². The lowest BCUT2D eigenvalue weighted by Gasteiger charge is -2.20. The smallest absolute Gasteiger partial charge is 0.122 e. The van der Waals surface area contributed by atoms with Crippen LogP contribution in [0.3, 0.4) is 0 Å². The van der Waals surface area contributed by atoms with Crippen molar-refractivity contribution in [2.24, 2.45) is 0 Å². The van der Waals surface area contributed by atoms with Crippen LogP contribution in [-0.4, -0.2) is 31.1 Å². The molecule has 3 nitrogen and oxygen atoms in total. The molecule has 1 atom stereocenters. The quantitative estimate of drug-likeness (QED) is 0.713. The summed E-state index contributed by atoms with van der Waals surface area (Å²) < 4.78 is 6.10. The Morgan fingerprint density at radius 1 is 1.15 bits per heavy atom. The van der Waals surface area contributed by atoms with Gasteiger partial charge in [0.05, 0.1) is 18.2 Å². The molecule has 1 heterocycles. The van der Waals surface area contributed by atoms with Gasteiger partial charge < -0.3 is 9.64 Å².